The van der Waals surface area contributed by atoms with E-state index in [-0.39, 0.29) is 6.29 Å². The minimum absolute atomic E-state index is 0.316. The van der Waals surface area contributed by atoms with E-state index < -0.39 is 11.2 Å². The number of nitrogens with one attached hydrogen (secondary N) is 1. The monoisotopic (exact) mass is 242 g/mol. The second kappa shape index (κ2) is 7.03. The summed E-state index contributed by atoms with van der Waals surface area (Å²) in [6.07, 6.45) is 1.72. The van der Waals surface area contributed by atoms with Gasteiger partial charge in [0.1, 0.15) is 0 Å². The smallest absolute Gasteiger partial charge is 0.328 e. The molecule has 6 heteroatoms. The molecule has 0 aliphatic heterocycles. The number of ether oxygens (including phenoxy) is 2. The van der Waals surface area contributed by atoms with Crippen LogP contribution in [0.4, 0.5) is 0 Å². The number of aryl methyl sites for hydroxylation is 1. The Morgan fingerprint density at radius 1 is 1.29 bits per heavy atom. The molecule has 0 saturated carbocycles. The Morgan fingerprint density at radius 2 is 1.94 bits per heavy atom. The Morgan fingerprint density at radius 3 is 2.47 bits per heavy atom. The van der Waals surface area contributed by atoms with Crippen molar-refractivity contribution in [1.82, 2.24) is 9.55 Å². The number of hydrogen-bond donors (Lipinski definition) is 1. The first kappa shape index (κ1) is 13.7. The standard InChI is InChI=1S/C11H18N2O4/c1-3-16-10(17-4-2)6-8-13-7-5-9(14)12-11(13)15/h5,7,10H,3-4,6,8H2,1-2H3,(H,12,14,15). The molecule has 0 saturated heterocycles. The van der Waals surface area contributed by atoms with Gasteiger partial charge in [-0.15, -0.1) is 0 Å². The first-order valence-corrected chi connectivity index (χ1v) is 5.70. The highest BCUT2D eigenvalue weighted by atomic mass is 16.7. The van der Waals surface area contributed by atoms with Gasteiger partial charge in [-0.25, -0.2) is 4.79 Å². The van der Waals surface area contributed by atoms with Crippen LogP contribution < -0.4 is 11.2 Å². The molecule has 0 aromatic carbocycles. The van der Waals surface area contributed by atoms with Crippen LogP contribution >= 0.6 is 0 Å². The van der Waals surface area contributed by atoms with Crippen LogP contribution in [0.25, 0.3) is 0 Å². The molecule has 0 fully saturated rings. The lowest BCUT2D eigenvalue weighted by atomic mass is 10.4. The van der Waals surface area contributed by atoms with E-state index in [1.807, 2.05) is 13.8 Å². The van der Waals surface area contributed by atoms with E-state index in [1.54, 1.807) is 0 Å². The Kier molecular flexibility index (Phi) is 5.65. The molecule has 0 aliphatic rings. The molecule has 0 radical (unpaired) electrons. The lowest BCUT2D eigenvalue weighted by Crippen LogP contribution is -2.30. The van der Waals surface area contributed by atoms with Crippen molar-refractivity contribution in [3.63, 3.8) is 0 Å². The Bertz CT molecular complexity index is 432. The van der Waals surface area contributed by atoms with Gasteiger partial charge in [-0.1, -0.05) is 0 Å². The number of nitrogens with zero attached hydrogens (tertiary/aromatic N) is 1. The average Bonchev–Trinajstić information content (AvgIpc) is 2.28. The van der Waals surface area contributed by atoms with E-state index in [2.05, 4.69) is 4.98 Å². The first-order chi connectivity index (χ1) is 8.17. The fourth-order valence-electron chi connectivity index (χ4n) is 1.45. The van der Waals surface area contributed by atoms with E-state index in [0.717, 1.165) is 0 Å². The van der Waals surface area contributed by atoms with Crippen molar-refractivity contribution in [2.75, 3.05) is 13.2 Å². The maximum Gasteiger partial charge on any atom is 0.328 e. The van der Waals surface area contributed by atoms with E-state index >= 15 is 0 Å². The molecule has 0 atom stereocenters. The summed E-state index contributed by atoms with van der Waals surface area (Å²) in [5.74, 6) is 0. The van der Waals surface area contributed by atoms with E-state index in [0.29, 0.717) is 26.2 Å². The average molecular weight is 242 g/mol. The quantitative estimate of drug-likeness (QED) is 0.699. The van der Waals surface area contributed by atoms with Crippen molar-refractivity contribution >= 4 is 0 Å². The molecule has 1 heterocycles. The van der Waals surface area contributed by atoms with E-state index in [1.165, 1.54) is 16.8 Å². The molecule has 1 aromatic heterocycles. The molecule has 1 rings (SSSR count). The molecule has 1 N–H and O–H groups in total. The number of H-pyrrole nitrogens is 1. The van der Waals surface area contributed by atoms with E-state index in [4.69, 9.17) is 9.47 Å². The minimum Gasteiger partial charge on any atom is -0.353 e. The summed E-state index contributed by atoms with van der Waals surface area (Å²) >= 11 is 0. The summed E-state index contributed by atoms with van der Waals surface area (Å²) < 4.78 is 12.1. The molecule has 0 spiro atoms. The van der Waals surface area contributed by atoms with Gasteiger partial charge in [0.05, 0.1) is 0 Å². The Hall–Kier alpha value is -1.40. The third-order valence-corrected chi connectivity index (χ3v) is 2.21. The highest BCUT2D eigenvalue weighted by Gasteiger charge is 2.08. The topological polar surface area (TPSA) is 73.3 Å². The van der Waals surface area contributed by atoms with Gasteiger partial charge < -0.3 is 14.0 Å². The summed E-state index contributed by atoms with van der Waals surface area (Å²) in [5.41, 5.74) is -0.804. The fourth-order valence-corrected chi connectivity index (χ4v) is 1.45. The van der Waals surface area contributed by atoms with E-state index in [9.17, 15) is 9.59 Å². The van der Waals surface area contributed by atoms with Gasteiger partial charge in [-0.05, 0) is 13.8 Å². The summed E-state index contributed by atoms with van der Waals surface area (Å²) in [6, 6.07) is 1.32. The molecule has 17 heavy (non-hydrogen) atoms. The van der Waals surface area contributed by atoms with Gasteiger partial charge in [0.25, 0.3) is 5.56 Å². The lowest BCUT2D eigenvalue weighted by molar-refractivity contribution is -0.141. The van der Waals surface area contributed by atoms with Gasteiger partial charge in [-0.3, -0.25) is 9.78 Å². The largest absolute Gasteiger partial charge is 0.353 e. The van der Waals surface area contributed by atoms with Crippen LogP contribution in [0.15, 0.2) is 21.9 Å². The van der Waals surface area contributed by atoms with Gasteiger partial charge in [0, 0.05) is 38.4 Å². The van der Waals surface area contributed by atoms with Gasteiger partial charge in [-0.2, -0.15) is 0 Å². The summed E-state index contributed by atoms with van der Waals surface area (Å²) in [6.45, 7) is 5.34. The molecule has 0 bridgehead atoms. The van der Waals surface area contributed by atoms with Gasteiger partial charge in [0.2, 0.25) is 0 Å². The van der Waals surface area contributed by atoms with Crippen LogP contribution in [-0.2, 0) is 16.0 Å². The molecular weight excluding hydrogens is 224 g/mol. The van der Waals surface area contributed by atoms with Crippen molar-refractivity contribution < 1.29 is 9.47 Å². The summed E-state index contributed by atoms with van der Waals surface area (Å²) in [5, 5.41) is 0. The third kappa shape index (κ3) is 4.54. The van der Waals surface area contributed by atoms with Crippen LogP contribution in [0.5, 0.6) is 0 Å². The number of hydrogen-bond acceptors (Lipinski definition) is 4. The molecule has 96 valence electrons. The second-order valence-corrected chi connectivity index (χ2v) is 3.43. The summed E-state index contributed by atoms with van der Waals surface area (Å²) in [7, 11) is 0. The first-order valence-electron chi connectivity index (χ1n) is 5.70. The second-order valence-electron chi connectivity index (χ2n) is 3.43. The predicted molar refractivity (Wildman–Crippen MR) is 63.0 cm³/mol. The summed E-state index contributed by atoms with van der Waals surface area (Å²) in [4.78, 5) is 24.5. The number of aromatic amines is 1. The number of rotatable bonds is 7. The molecular formula is C11H18N2O4. The zero-order valence-electron chi connectivity index (χ0n) is 10.1. The normalized spacial score (nSPS) is 11.0. The van der Waals surface area contributed by atoms with Gasteiger partial charge in [0.15, 0.2) is 6.29 Å². The highest BCUT2D eigenvalue weighted by molar-refractivity contribution is 4.82. The van der Waals surface area contributed by atoms with Gasteiger partial charge >= 0.3 is 5.69 Å². The maximum absolute atomic E-state index is 11.4. The van der Waals surface area contributed by atoms with Crippen LogP contribution in [0.3, 0.4) is 0 Å². The highest BCUT2D eigenvalue weighted by Crippen LogP contribution is 2.02. The molecule has 6 nitrogen and oxygen atoms in total. The van der Waals surface area contributed by atoms with Crippen LogP contribution in [0, 0.1) is 0 Å². The fraction of sp³-hybridized carbons (Fsp3) is 0.636. The van der Waals surface area contributed by atoms with Crippen molar-refractivity contribution in [2.45, 2.75) is 33.1 Å². The molecule has 0 unspecified atom stereocenters. The zero-order valence-corrected chi connectivity index (χ0v) is 10.1. The molecule has 1 aromatic rings. The Balaban J connectivity index is 2.58. The molecule has 0 aliphatic carbocycles. The van der Waals surface area contributed by atoms with Crippen molar-refractivity contribution in [1.29, 1.82) is 0 Å². The lowest BCUT2D eigenvalue weighted by Gasteiger charge is -2.17. The molecule has 0 amide bonds. The van der Waals surface area contributed by atoms with Crippen LogP contribution in [0.1, 0.15) is 20.3 Å². The van der Waals surface area contributed by atoms with Crippen LogP contribution in [0.2, 0.25) is 0 Å². The van der Waals surface area contributed by atoms with Crippen molar-refractivity contribution in [3.8, 4) is 0 Å². The predicted octanol–water partition coefficient (Wildman–Crippen LogP) is 0.326. The Labute approximate surface area is 99.2 Å². The van der Waals surface area contributed by atoms with Crippen LogP contribution in [-0.4, -0.2) is 29.1 Å². The maximum atomic E-state index is 11.4. The zero-order chi connectivity index (χ0) is 12.7. The minimum atomic E-state index is -0.413. The third-order valence-electron chi connectivity index (χ3n) is 2.21. The van der Waals surface area contributed by atoms with Crippen molar-refractivity contribution in [3.05, 3.63) is 33.1 Å². The SMILES string of the molecule is CCOC(CCn1ccc(=O)[nH]c1=O)OCC. The van der Waals surface area contributed by atoms with Crippen molar-refractivity contribution in [2.24, 2.45) is 0 Å². The number of aromatic nitrogens is 2.